The summed E-state index contributed by atoms with van der Waals surface area (Å²) in [6.07, 6.45) is 4.00. The third kappa shape index (κ3) is 3.46. The Kier molecular flexibility index (Phi) is 5.17. The van der Waals surface area contributed by atoms with Crippen LogP contribution >= 0.6 is 0 Å². The van der Waals surface area contributed by atoms with Crippen molar-refractivity contribution in [2.45, 2.75) is 44.7 Å². The lowest BCUT2D eigenvalue weighted by atomic mass is 9.91. The monoisotopic (exact) mass is 264 g/mol. The van der Waals surface area contributed by atoms with E-state index in [1.807, 2.05) is 0 Å². The predicted molar refractivity (Wildman–Crippen MR) is 73.4 cm³/mol. The van der Waals surface area contributed by atoms with Crippen molar-refractivity contribution in [2.24, 2.45) is 5.92 Å². The SMILES string of the molecule is CCCNC(C#N)CCN1CCCC2C(=O)NCC21. The summed E-state index contributed by atoms with van der Waals surface area (Å²) < 4.78 is 0. The number of hydrogen-bond acceptors (Lipinski definition) is 4. The maximum Gasteiger partial charge on any atom is 0.224 e. The van der Waals surface area contributed by atoms with Crippen LogP contribution in [-0.2, 0) is 4.79 Å². The van der Waals surface area contributed by atoms with Crippen LogP contribution < -0.4 is 10.6 Å². The number of nitriles is 1. The maximum atomic E-state index is 11.7. The number of amides is 1. The standard InChI is InChI=1S/C14H24N4O/c1-2-6-16-11(9-15)5-8-18-7-3-4-12-13(18)10-17-14(12)19/h11-13,16H,2-8,10H2,1H3,(H,17,19). The van der Waals surface area contributed by atoms with Gasteiger partial charge in [-0.2, -0.15) is 5.26 Å². The molecular weight excluding hydrogens is 240 g/mol. The van der Waals surface area contributed by atoms with Crippen molar-refractivity contribution < 1.29 is 4.79 Å². The number of piperidine rings is 1. The molecule has 19 heavy (non-hydrogen) atoms. The first kappa shape index (κ1) is 14.3. The molecule has 0 radical (unpaired) electrons. The zero-order valence-electron chi connectivity index (χ0n) is 11.7. The third-order valence-corrected chi connectivity index (χ3v) is 4.22. The summed E-state index contributed by atoms with van der Waals surface area (Å²) in [6.45, 7) is 5.74. The predicted octanol–water partition coefficient (Wildman–Crippen LogP) is 0.479. The highest BCUT2D eigenvalue weighted by Gasteiger charge is 2.40. The highest BCUT2D eigenvalue weighted by Crippen LogP contribution is 2.27. The van der Waals surface area contributed by atoms with E-state index in [0.717, 1.165) is 51.9 Å². The molecule has 2 rings (SSSR count). The van der Waals surface area contributed by atoms with E-state index in [0.29, 0.717) is 6.04 Å². The minimum Gasteiger partial charge on any atom is -0.354 e. The Hall–Kier alpha value is -1.12. The molecule has 2 heterocycles. The van der Waals surface area contributed by atoms with E-state index in [1.54, 1.807) is 0 Å². The highest BCUT2D eigenvalue weighted by atomic mass is 16.2. The molecule has 2 aliphatic rings. The van der Waals surface area contributed by atoms with Crippen molar-refractivity contribution in [3.8, 4) is 6.07 Å². The number of nitrogens with one attached hydrogen (secondary N) is 2. The topological polar surface area (TPSA) is 68.2 Å². The molecule has 0 aromatic carbocycles. The van der Waals surface area contributed by atoms with Crippen LogP contribution in [0.1, 0.15) is 32.6 Å². The Morgan fingerprint density at radius 3 is 3.21 bits per heavy atom. The van der Waals surface area contributed by atoms with Gasteiger partial charge in [0.1, 0.15) is 0 Å². The van der Waals surface area contributed by atoms with Gasteiger partial charge in [-0.05, 0) is 38.8 Å². The van der Waals surface area contributed by atoms with E-state index in [9.17, 15) is 4.79 Å². The van der Waals surface area contributed by atoms with E-state index < -0.39 is 0 Å². The first-order valence-corrected chi connectivity index (χ1v) is 7.41. The molecule has 0 aromatic heterocycles. The molecule has 3 atom stereocenters. The van der Waals surface area contributed by atoms with E-state index in [2.05, 4.69) is 28.5 Å². The number of carbonyl (C=O) groups is 1. The van der Waals surface area contributed by atoms with Crippen molar-refractivity contribution in [3.63, 3.8) is 0 Å². The van der Waals surface area contributed by atoms with Crippen LogP contribution in [0.4, 0.5) is 0 Å². The highest BCUT2D eigenvalue weighted by molar-refractivity contribution is 5.82. The molecule has 5 heteroatoms. The minimum absolute atomic E-state index is 0.0645. The Balaban J connectivity index is 1.82. The van der Waals surface area contributed by atoms with Crippen LogP contribution in [0.15, 0.2) is 0 Å². The largest absolute Gasteiger partial charge is 0.354 e. The first-order chi connectivity index (χ1) is 9.26. The van der Waals surface area contributed by atoms with Gasteiger partial charge in [-0.1, -0.05) is 6.92 Å². The third-order valence-electron chi connectivity index (χ3n) is 4.22. The Bertz CT molecular complexity index is 352. The molecular formula is C14H24N4O. The van der Waals surface area contributed by atoms with Crippen molar-refractivity contribution in [3.05, 3.63) is 0 Å². The molecule has 0 spiro atoms. The summed E-state index contributed by atoms with van der Waals surface area (Å²) in [6, 6.07) is 2.61. The van der Waals surface area contributed by atoms with Crippen molar-refractivity contribution in [1.82, 2.24) is 15.5 Å². The van der Waals surface area contributed by atoms with Gasteiger partial charge in [0.05, 0.1) is 18.0 Å². The lowest BCUT2D eigenvalue weighted by molar-refractivity contribution is -0.124. The second kappa shape index (κ2) is 6.88. The first-order valence-electron chi connectivity index (χ1n) is 7.41. The van der Waals surface area contributed by atoms with Crippen LogP contribution in [-0.4, -0.2) is 49.1 Å². The van der Waals surface area contributed by atoms with Crippen LogP contribution in [0.3, 0.4) is 0 Å². The van der Waals surface area contributed by atoms with Gasteiger partial charge in [-0.15, -0.1) is 0 Å². The van der Waals surface area contributed by atoms with Crippen LogP contribution in [0.25, 0.3) is 0 Å². The van der Waals surface area contributed by atoms with Gasteiger partial charge in [0.25, 0.3) is 0 Å². The quantitative estimate of drug-likeness (QED) is 0.732. The molecule has 1 amide bonds. The van der Waals surface area contributed by atoms with E-state index in [-0.39, 0.29) is 17.9 Å². The number of hydrogen-bond donors (Lipinski definition) is 2. The van der Waals surface area contributed by atoms with Gasteiger partial charge >= 0.3 is 0 Å². The molecule has 2 saturated heterocycles. The van der Waals surface area contributed by atoms with E-state index >= 15 is 0 Å². The van der Waals surface area contributed by atoms with Crippen LogP contribution in [0, 0.1) is 17.2 Å². The van der Waals surface area contributed by atoms with Crippen molar-refractivity contribution in [1.29, 1.82) is 5.26 Å². The average Bonchev–Trinajstić information content (AvgIpc) is 2.82. The van der Waals surface area contributed by atoms with Crippen LogP contribution in [0.5, 0.6) is 0 Å². The summed E-state index contributed by atoms with van der Waals surface area (Å²) >= 11 is 0. The normalized spacial score (nSPS) is 28.5. The molecule has 0 bridgehead atoms. The zero-order valence-corrected chi connectivity index (χ0v) is 11.7. The number of likely N-dealkylation sites (tertiary alicyclic amines) is 1. The molecule has 0 aliphatic carbocycles. The van der Waals surface area contributed by atoms with E-state index in [4.69, 9.17) is 5.26 Å². The summed E-state index contributed by atoms with van der Waals surface area (Å²) in [5.41, 5.74) is 0. The van der Waals surface area contributed by atoms with Gasteiger partial charge in [-0.3, -0.25) is 9.69 Å². The molecule has 2 fully saturated rings. The van der Waals surface area contributed by atoms with Gasteiger partial charge in [0.2, 0.25) is 5.91 Å². The lowest BCUT2D eigenvalue weighted by Crippen LogP contribution is -2.47. The maximum absolute atomic E-state index is 11.7. The fourth-order valence-corrected chi connectivity index (χ4v) is 3.14. The summed E-state index contributed by atoms with van der Waals surface area (Å²) in [5, 5.41) is 15.3. The Labute approximate surface area is 115 Å². The number of fused-ring (bicyclic) bond motifs is 1. The Morgan fingerprint density at radius 2 is 2.47 bits per heavy atom. The summed E-state index contributed by atoms with van der Waals surface area (Å²) in [7, 11) is 0. The molecule has 2 aliphatic heterocycles. The average molecular weight is 264 g/mol. The van der Waals surface area contributed by atoms with Gasteiger partial charge in [0, 0.05) is 19.1 Å². The lowest BCUT2D eigenvalue weighted by Gasteiger charge is -2.36. The fourth-order valence-electron chi connectivity index (χ4n) is 3.14. The number of nitrogens with zero attached hydrogens (tertiary/aromatic N) is 2. The molecule has 106 valence electrons. The van der Waals surface area contributed by atoms with Gasteiger partial charge in [0.15, 0.2) is 0 Å². The molecule has 5 nitrogen and oxygen atoms in total. The zero-order chi connectivity index (χ0) is 13.7. The second-order valence-electron chi connectivity index (χ2n) is 5.52. The minimum atomic E-state index is -0.0645. The Morgan fingerprint density at radius 1 is 1.63 bits per heavy atom. The van der Waals surface area contributed by atoms with Crippen LogP contribution in [0.2, 0.25) is 0 Å². The molecule has 0 saturated carbocycles. The fraction of sp³-hybridized carbons (Fsp3) is 0.857. The van der Waals surface area contributed by atoms with Gasteiger partial charge < -0.3 is 10.6 Å². The van der Waals surface area contributed by atoms with Crippen molar-refractivity contribution >= 4 is 5.91 Å². The number of rotatable bonds is 6. The van der Waals surface area contributed by atoms with Crippen molar-refractivity contribution in [2.75, 3.05) is 26.2 Å². The molecule has 3 unspecified atom stereocenters. The molecule has 0 aromatic rings. The summed E-state index contributed by atoms with van der Waals surface area (Å²) in [4.78, 5) is 14.1. The van der Waals surface area contributed by atoms with Gasteiger partial charge in [-0.25, -0.2) is 0 Å². The second-order valence-corrected chi connectivity index (χ2v) is 5.52. The smallest absolute Gasteiger partial charge is 0.224 e. The van der Waals surface area contributed by atoms with E-state index in [1.165, 1.54) is 0 Å². The number of carbonyl (C=O) groups excluding carboxylic acids is 1. The summed E-state index contributed by atoms with van der Waals surface area (Å²) in [5.74, 6) is 0.397. The molecule has 2 N–H and O–H groups in total.